The minimum atomic E-state index is -1.05. The molecule has 0 bridgehead atoms. The van der Waals surface area contributed by atoms with E-state index in [-0.39, 0.29) is 41.6 Å². The zero-order chi connectivity index (χ0) is 36.6. The number of nitrogens with one attached hydrogen (secondary N) is 1. The van der Waals surface area contributed by atoms with E-state index in [1.165, 1.54) is 6.07 Å². The number of ether oxygens (including phenoxy) is 2. The standard InChI is InChI=1S/C38H51BN6O7/c1-2-51-35(47)14-15-41-21-23-42(24-22-41)29-10-16-43(17-11-29)36(48)34(26-27-7-8-33(46)31(39)25-27)52-38(50)44-18-12-30(13-19-44)45-20-9-28-5-3-4-6-32(28)40-37(45)49/h3-8,25,29-30,34,46H,2,9-24,26H2,1H3,(H,40,49)/t34-/m1/s1. The quantitative estimate of drug-likeness (QED) is 0.281. The number of hydrogen-bond donors (Lipinski definition) is 2. The molecule has 2 aromatic rings. The molecule has 14 heteroatoms. The van der Waals surface area contributed by atoms with Crippen molar-refractivity contribution < 1.29 is 33.8 Å². The Hall–Kier alpha value is -4.30. The first-order valence-corrected chi connectivity index (χ1v) is 18.8. The molecule has 52 heavy (non-hydrogen) atoms. The molecule has 4 aliphatic heterocycles. The van der Waals surface area contributed by atoms with E-state index in [0.29, 0.717) is 76.7 Å². The second kappa shape index (κ2) is 17.5. The second-order valence-corrected chi connectivity index (χ2v) is 14.2. The minimum Gasteiger partial charge on any atom is -0.509 e. The highest BCUT2D eigenvalue weighted by molar-refractivity contribution is 6.34. The molecule has 6 rings (SSSR count). The third-order valence-electron chi connectivity index (χ3n) is 11.0. The molecule has 278 valence electrons. The van der Waals surface area contributed by atoms with E-state index in [1.54, 1.807) is 21.9 Å². The Bertz CT molecular complexity index is 1570. The fourth-order valence-corrected chi connectivity index (χ4v) is 7.91. The lowest BCUT2D eigenvalue weighted by molar-refractivity contribution is -0.144. The third kappa shape index (κ3) is 9.38. The topological polar surface area (TPSA) is 135 Å². The molecule has 4 heterocycles. The highest BCUT2D eigenvalue weighted by atomic mass is 16.6. The normalized spacial score (nSPS) is 20.1. The number of likely N-dealkylation sites (tertiary alicyclic amines) is 2. The lowest BCUT2D eigenvalue weighted by Gasteiger charge is -2.43. The number of piperidine rings is 2. The number of carbonyl (C=O) groups is 4. The number of nitrogens with zero attached hydrogens (tertiary/aromatic N) is 5. The van der Waals surface area contributed by atoms with Gasteiger partial charge in [-0.1, -0.05) is 35.8 Å². The SMILES string of the molecule is [B]c1cc(C[C@@H](OC(=O)N2CCC(N3CCc4ccccc4NC3=O)CC2)C(=O)N2CCC(N3CCN(CCC(=O)OCC)CC3)CC2)ccc1O. The lowest BCUT2D eigenvalue weighted by atomic mass is 9.91. The predicted octanol–water partition coefficient (Wildman–Crippen LogP) is 2.35. The fraction of sp³-hybridized carbons (Fsp3) is 0.579. The number of fused-ring (bicyclic) bond motifs is 1. The molecular weight excluding hydrogens is 663 g/mol. The Kier molecular flexibility index (Phi) is 12.6. The Morgan fingerprint density at radius 3 is 2.31 bits per heavy atom. The van der Waals surface area contributed by atoms with Gasteiger partial charge in [-0.05, 0) is 62.3 Å². The molecule has 0 saturated carbocycles. The van der Waals surface area contributed by atoms with Gasteiger partial charge >= 0.3 is 18.1 Å². The summed E-state index contributed by atoms with van der Waals surface area (Å²) in [4.78, 5) is 62.6. The number of benzene rings is 2. The van der Waals surface area contributed by atoms with Gasteiger partial charge in [0.05, 0.1) is 13.0 Å². The lowest BCUT2D eigenvalue weighted by Crippen LogP contribution is -2.55. The van der Waals surface area contributed by atoms with Crippen LogP contribution in [-0.2, 0) is 31.9 Å². The number of phenolic OH excluding ortho intramolecular Hbond substituents is 1. The monoisotopic (exact) mass is 714 g/mol. The van der Waals surface area contributed by atoms with Gasteiger partial charge in [0.2, 0.25) is 0 Å². The number of anilines is 1. The number of amides is 4. The number of aromatic hydroxyl groups is 1. The molecule has 0 aliphatic carbocycles. The second-order valence-electron chi connectivity index (χ2n) is 14.2. The molecule has 3 fully saturated rings. The fourth-order valence-electron chi connectivity index (χ4n) is 7.91. The van der Waals surface area contributed by atoms with Crippen LogP contribution in [0.4, 0.5) is 15.3 Å². The molecule has 4 aliphatic rings. The highest BCUT2D eigenvalue weighted by Gasteiger charge is 2.36. The maximum absolute atomic E-state index is 14.0. The number of para-hydroxylation sites is 1. The van der Waals surface area contributed by atoms with Crippen molar-refractivity contribution in [3.05, 3.63) is 53.6 Å². The smallest absolute Gasteiger partial charge is 0.410 e. The van der Waals surface area contributed by atoms with Crippen LogP contribution >= 0.6 is 0 Å². The van der Waals surface area contributed by atoms with Crippen LogP contribution < -0.4 is 10.8 Å². The molecule has 1 atom stereocenters. The summed E-state index contributed by atoms with van der Waals surface area (Å²) in [5, 5.41) is 13.0. The Balaban J connectivity index is 1.02. The van der Waals surface area contributed by atoms with E-state index < -0.39 is 12.2 Å². The van der Waals surface area contributed by atoms with Crippen molar-refractivity contribution >= 4 is 43.0 Å². The largest absolute Gasteiger partial charge is 0.509 e. The van der Waals surface area contributed by atoms with Crippen molar-refractivity contribution in [1.82, 2.24) is 24.5 Å². The van der Waals surface area contributed by atoms with Gasteiger partial charge in [0, 0.05) is 89.6 Å². The van der Waals surface area contributed by atoms with Gasteiger partial charge in [0.1, 0.15) is 13.6 Å². The number of carbonyl (C=O) groups excluding carboxylic acids is 4. The number of urea groups is 1. The molecule has 0 aromatic heterocycles. The maximum Gasteiger partial charge on any atom is 0.410 e. The maximum atomic E-state index is 14.0. The number of rotatable bonds is 10. The van der Waals surface area contributed by atoms with Crippen LogP contribution in [0.15, 0.2) is 42.5 Å². The average molecular weight is 715 g/mol. The van der Waals surface area contributed by atoms with Crippen LogP contribution in [0.1, 0.15) is 50.2 Å². The van der Waals surface area contributed by atoms with E-state index >= 15 is 0 Å². The molecule has 13 nitrogen and oxygen atoms in total. The summed E-state index contributed by atoms with van der Waals surface area (Å²) in [5.74, 6) is -0.441. The average Bonchev–Trinajstić information content (AvgIpc) is 3.33. The number of piperazine rings is 1. The summed E-state index contributed by atoms with van der Waals surface area (Å²) in [6.45, 7) is 9.08. The van der Waals surface area contributed by atoms with E-state index in [4.69, 9.17) is 17.3 Å². The van der Waals surface area contributed by atoms with Gasteiger partial charge in [-0.15, -0.1) is 0 Å². The molecule has 4 amide bonds. The van der Waals surface area contributed by atoms with Gasteiger partial charge in [-0.2, -0.15) is 0 Å². The summed E-state index contributed by atoms with van der Waals surface area (Å²) in [5.41, 5.74) is 2.83. The summed E-state index contributed by atoms with van der Waals surface area (Å²) in [6, 6.07) is 12.8. The van der Waals surface area contributed by atoms with Gasteiger partial charge in [0.15, 0.2) is 6.10 Å². The van der Waals surface area contributed by atoms with Crippen LogP contribution in [0.25, 0.3) is 0 Å². The van der Waals surface area contributed by atoms with Crippen LogP contribution in [-0.4, -0.2) is 152 Å². The molecule has 2 radical (unpaired) electrons. The molecular formula is C38H51BN6O7. The molecule has 0 unspecified atom stereocenters. The molecule has 3 saturated heterocycles. The van der Waals surface area contributed by atoms with Crippen molar-refractivity contribution in [2.45, 2.75) is 70.1 Å². The highest BCUT2D eigenvalue weighted by Crippen LogP contribution is 2.26. The van der Waals surface area contributed by atoms with E-state index in [2.05, 4.69) is 15.1 Å². The Labute approximate surface area is 307 Å². The van der Waals surface area contributed by atoms with Crippen LogP contribution in [0.5, 0.6) is 5.75 Å². The summed E-state index contributed by atoms with van der Waals surface area (Å²) in [6.07, 6.45) is 2.56. The minimum absolute atomic E-state index is 0.00960. The summed E-state index contributed by atoms with van der Waals surface area (Å²) in [7, 11) is 5.97. The number of hydrogen-bond acceptors (Lipinski definition) is 9. The van der Waals surface area contributed by atoms with Gasteiger partial charge in [0.25, 0.3) is 5.91 Å². The van der Waals surface area contributed by atoms with Gasteiger partial charge in [-0.3, -0.25) is 14.5 Å². The van der Waals surface area contributed by atoms with Crippen molar-refractivity contribution in [3.63, 3.8) is 0 Å². The zero-order valence-corrected chi connectivity index (χ0v) is 30.2. The number of esters is 1. The first-order valence-electron chi connectivity index (χ1n) is 18.8. The van der Waals surface area contributed by atoms with Gasteiger partial charge < -0.3 is 39.5 Å². The molecule has 2 N–H and O–H groups in total. The van der Waals surface area contributed by atoms with Crippen LogP contribution in [0.2, 0.25) is 0 Å². The van der Waals surface area contributed by atoms with Crippen LogP contribution in [0.3, 0.4) is 0 Å². The van der Waals surface area contributed by atoms with E-state index in [9.17, 15) is 24.3 Å². The van der Waals surface area contributed by atoms with Crippen molar-refractivity contribution in [1.29, 1.82) is 0 Å². The Morgan fingerprint density at radius 1 is 0.904 bits per heavy atom. The van der Waals surface area contributed by atoms with Crippen molar-refractivity contribution in [3.8, 4) is 5.75 Å². The first kappa shape index (κ1) is 37.5. The third-order valence-corrected chi connectivity index (χ3v) is 11.0. The molecule has 0 spiro atoms. The van der Waals surface area contributed by atoms with Gasteiger partial charge in [-0.25, -0.2) is 9.59 Å². The number of phenols is 1. The Morgan fingerprint density at radius 2 is 1.60 bits per heavy atom. The van der Waals surface area contributed by atoms with E-state index in [1.807, 2.05) is 36.1 Å². The van der Waals surface area contributed by atoms with Crippen molar-refractivity contribution in [2.75, 3.05) is 77.4 Å². The molecule has 2 aromatic carbocycles. The van der Waals surface area contributed by atoms with Crippen LogP contribution in [0, 0.1) is 0 Å². The first-order chi connectivity index (χ1) is 25.2. The van der Waals surface area contributed by atoms with E-state index in [0.717, 1.165) is 56.7 Å². The summed E-state index contributed by atoms with van der Waals surface area (Å²) >= 11 is 0. The summed E-state index contributed by atoms with van der Waals surface area (Å²) < 4.78 is 11.1. The van der Waals surface area contributed by atoms with Crippen molar-refractivity contribution in [2.24, 2.45) is 0 Å². The predicted molar refractivity (Wildman–Crippen MR) is 197 cm³/mol. The zero-order valence-electron chi connectivity index (χ0n) is 30.2.